The number of hydrogen-bond donors (Lipinski definition) is 1. The second kappa shape index (κ2) is 3.46. The topological polar surface area (TPSA) is 56.7 Å². The molecule has 0 aliphatic heterocycles. The van der Waals surface area contributed by atoms with Gasteiger partial charge in [-0.1, -0.05) is 0 Å². The third-order valence-corrected chi connectivity index (χ3v) is 1.85. The molecule has 74 valence electrons. The first-order valence-electron chi connectivity index (χ1n) is 4.56. The molecule has 1 aromatic rings. The Bertz CT molecular complexity index is 269. The van der Waals surface area contributed by atoms with Gasteiger partial charge >= 0.3 is 0 Å². The van der Waals surface area contributed by atoms with Gasteiger partial charge in [0.05, 0.1) is 0 Å². The molecule has 1 unspecified atom stereocenters. The molecule has 0 aromatic carbocycles. The third kappa shape index (κ3) is 2.52. The van der Waals surface area contributed by atoms with E-state index in [9.17, 15) is 0 Å². The summed E-state index contributed by atoms with van der Waals surface area (Å²) in [5, 5.41) is 7.95. The normalized spacial score (nSPS) is 14.5. The number of rotatable bonds is 2. The van der Waals surface area contributed by atoms with Crippen LogP contribution in [0.4, 0.5) is 0 Å². The minimum atomic E-state index is 0.0354. The van der Waals surface area contributed by atoms with E-state index in [0.29, 0.717) is 0 Å². The van der Waals surface area contributed by atoms with Gasteiger partial charge in [0.1, 0.15) is 12.2 Å². The molecule has 1 heterocycles. The first-order valence-corrected chi connectivity index (χ1v) is 4.56. The van der Waals surface area contributed by atoms with Crippen LogP contribution in [0.3, 0.4) is 0 Å². The molecule has 0 spiro atoms. The Labute approximate surface area is 79.2 Å². The highest BCUT2D eigenvalue weighted by Gasteiger charge is 2.17. The quantitative estimate of drug-likeness (QED) is 0.740. The van der Waals surface area contributed by atoms with Crippen LogP contribution in [0.2, 0.25) is 0 Å². The Morgan fingerprint density at radius 3 is 2.62 bits per heavy atom. The van der Waals surface area contributed by atoms with Crippen LogP contribution in [0.25, 0.3) is 0 Å². The van der Waals surface area contributed by atoms with Crippen LogP contribution < -0.4 is 5.73 Å². The second-order valence-electron chi connectivity index (χ2n) is 4.47. The summed E-state index contributed by atoms with van der Waals surface area (Å²) in [5.74, 6) is 0.961. The van der Waals surface area contributed by atoms with Crippen molar-refractivity contribution < 1.29 is 0 Å². The van der Waals surface area contributed by atoms with E-state index in [4.69, 9.17) is 5.73 Å². The van der Waals surface area contributed by atoms with E-state index in [1.54, 1.807) is 6.33 Å². The minimum Gasteiger partial charge on any atom is -0.328 e. The van der Waals surface area contributed by atoms with E-state index in [-0.39, 0.29) is 11.6 Å². The van der Waals surface area contributed by atoms with Gasteiger partial charge in [0.25, 0.3) is 0 Å². The molecule has 1 rings (SSSR count). The first-order chi connectivity index (χ1) is 5.91. The van der Waals surface area contributed by atoms with Crippen molar-refractivity contribution in [3.63, 3.8) is 0 Å². The van der Waals surface area contributed by atoms with Gasteiger partial charge in [-0.05, 0) is 27.7 Å². The summed E-state index contributed by atoms with van der Waals surface area (Å²) in [6.45, 7) is 8.35. The zero-order valence-electron chi connectivity index (χ0n) is 8.78. The van der Waals surface area contributed by atoms with Gasteiger partial charge in [-0.2, -0.15) is 0 Å². The zero-order valence-corrected chi connectivity index (χ0v) is 8.78. The molecule has 4 heteroatoms. The van der Waals surface area contributed by atoms with Crippen LogP contribution in [-0.4, -0.2) is 20.8 Å². The van der Waals surface area contributed by atoms with Crippen LogP contribution in [0.1, 0.15) is 33.5 Å². The fourth-order valence-corrected chi connectivity index (χ4v) is 1.25. The largest absolute Gasteiger partial charge is 0.328 e. The lowest BCUT2D eigenvalue weighted by molar-refractivity contribution is 0.378. The average molecular weight is 182 g/mol. The van der Waals surface area contributed by atoms with Crippen LogP contribution in [0, 0.1) is 0 Å². The molecule has 0 radical (unpaired) electrons. The van der Waals surface area contributed by atoms with Gasteiger partial charge in [-0.3, -0.25) is 0 Å². The van der Waals surface area contributed by atoms with Gasteiger partial charge in [-0.25, -0.2) is 0 Å². The molecular formula is C9H18N4. The predicted molar refractivity (Wildman–Crippen MR) is 52.4 cm³/mol. The van der Waals surface area contributed by atoms with Gasteiger partial charge in [0.15, 0.2) is 0 Å². The molecule has 0 fully saturated rings. The first kappa shape index (κ1) is 10.2. The van der Waals surface area contributed by atoms with Crippen molar-refractivity contribution in [2.75, 3.05) is 0 Å². The van der Waals surface area contributed by atoms with Crippen LogP contribution in [0.15, 0.2) is 6.33 Å². The summed E-state index contributed by atoms with van der Waals surface area (Å²) in [6, 6.07) is 0.130. The lowest BCUT2D eigenvalue weighted by Crippen LogP contribution is -2.27. The molecule has 0 saturated heterocycles. The van der Waals surface area contributed by atoms with E-state index in [2.05, 4.69) is 35.5 Å². The molecule has 2 N–H and O–H groups in total. The SMILES string of the molecule is CC(N)Cc1nncn1C(C)(C)C. The zero-order chi connectivity index (χ0) is 10.1. The maximum Gasteiger partial charge on any atom is 0.134 e. The Kier molecular flexibility index (Phi) is 2.71. The van der Waals surface area contributed by atoms with Crippen LogP contribution in [0.5, 0.6) is 0 Å². The van der Waals surface area contributed by atoms with Crippen molar-refractivity contribution in [3.05, 3.63) is 12.2 Å². The summed E-state index contributed by atoms with van der Waals surface area (Å²) in [6.07, 6.45) is 2.54. The Morgan fingerprint density at radius 2 is 2.15 bits per heavy atom. The molecule has 1 atom stereocenters. The van der Waals surface area contributed by atoms with Crippen LogP contribution >= 0.6 is 0 Å². The highest BCUT2D eigenvalue weighted by Crippen LogP contribution is 2.15. The molecular weight excluding hydrogens is 164 g/mol. The molecule has 4 nitrogen and oxygen atoms in total. The average Bonchev–Trinajstić information content (AvgIpc) is 2.31. The summed E-state index contributed by atoms with van der Waals surface area (Å²) < 4.78 is 2.07. The van der Waals surface area contributed by atoms with Gasteiger partial charge < -0.3 is 10.3 Å². The lowest BCUT2D eigenvalue weighted by Gasteiger charge is -2.22. The number of aromatic nitrogens is 3. The number of nitrogens with two attached hydrogens (primary N) is 1. The molecule has 0 aliphatic carbocycles. The fourth-order valence-electron chi connectivity index (χ4n) is 1.25. The molecule has 0 aliphatic rings. The maximum atomic E-state index is 5.71. The predicted octanol–water partition coefficient (Wildman–Crippen LogP) is 0.923. The fraction of sp³-hybridized carbons (Fsp3) is 0.778. The summed E-state index contributed by atoms with van der Waals surface area (Å²) in [4.78, 5) is 0. The van der Waals surface area contributed by atoms with Crippen molar-refractivity contribution in [1.82, 2.24) is 14.8 Å². The van der Waals surface area contributed by atoms with Gasteiger partial charge in [0.2, 0.25) is 0 Å². The van der Waals surface area contributed by atoms with E-state index >= 15 is 0 Å². The van der Waals surface area contributed by atoms with Gasteiger partial charge in [-0.15, -0.1) is 10.2 Å². The van der Waals surface area contributed by atoms with E-state index in [1.165, 1.54) is 0 Å². The van der Waals surface area contributed by atoms with E-state index in [1.807, 2.05) is 6.92 Å². The second-order valence-corrected chi connectivity index (χ2v) is 4.47. The number of hydrogen-bond acceptors (Lipinski definition) is 3. The minimum absolute atomic E-state index is 0.0354. The Morgan fingerprint density at radius 1 is 1.54 bits per heavy atom. The molecule has 0 bridgehead atoms. The van der Waals surface area contributed by atoms with Crippen molar-refractivity contribution in [2.45, 2.75) is 45.7 Å². The Hall–Kier alpha value is -0.900. The Balaban J connectivity index is 2.90. The maximum absolute atomic E-state index is 5.71. The van der Waals surface area contributed by atoms with E-state index < -0.39 is 0 Å². The van der Waals surface area contributed by atoms with E-state index in [0.717, 1.165) is 12.2 Å². The summed E-state index contributed by atoms with van der Waals surface area (Å²) >= 11 is 0. The van der Waals surface area contributed by atoms with Crippen molar-refractivity contribution in [3.8, 4) is 0 Å². The summed E-state index contributed by atoms with van der Waals surface area (Å²) in [5.41, 5.74) is 5.75. The highest BCUT2D eigenvalue weighted by molar-refractivity contribution is 4.94. The van der Waals surface area contributed by atoms with Gasteiger partial charge in [0, 0.05) is 18.0 Å². The van der Waals surface area contributed by atoms with Crippen molar-refractivity contribution in [2.24, 2.45) is 5.73 Å². The standard InChI is InChI=1S/C9H18N4/c1-7(10)5-8-12-11-6-13(8)9(2,3)4/h6-7H,5,10H2,1-4H3. The molecule has 13 heavy (non-hydrogen) atoms. The molecule has 0 amide bonds. The summed E-state index contributed by atoms with van der Waals surface area (Å²) in [7, 11) is 0. The third-order valence-electron chi connectivity index (χ3n) is 1.85. The van der Waals surface area contributed by atoms with Crippen molar-refractivity contribution in [1.29, 1.82) is 0 Å². The monoisotopic (exact) mass is 182 g/mol. The van der Waals surface area contributed by atoms with Crippen molar-refractivity contribution >= 4 is 0 Å². The smallest absolute Gasteiger partial charge is 0.134 e. The molecule has 1 aromatic heterocycles. The molecule has 0 saturated carbocycles. The number of nitrogens with zero attached hydrogens (tertiary/aromatic N) is 3. The highest BCUT2D eigenvalue weighted by atomic mass is 15.3. The van der Waals surface area contributed by atoms with Crippen LogP contribution in [-0.2, 0) is 12.0 Å². The lowest BCUT2D eigenvalue weighted by atomic mass is 10.1.